The molecule has 3 nitrogen and oxygen atoms in total. The third-order valence-electron chi connectivity index (χ3n) is 3.56. The molecule has 0 aromatic heterocycles. The quantitative estimate of drug-likeness (QED) is 0.781. The van der Waals surface area contributed by atoms with Crippen LogP contribution in [0.4, 0.5) is 0 Å². The van der Waals surface area contributed by atoms with Crippen LogP contribution in [0.15, 0.2) is 0 Å². The second-order valence-corrected chi connectivity index (χ2v) is 7.10. The smallest absolute Gasteiger partial charge is 0.333 e. The number of aliphatic hydroxyl groups is 1. The summed E-state index contributed by atoms with van der Waals surface area (Å²) in [6.45, 7) is 7.96. The molecule has 2 atom stereocenters. The van der Waals surface area contributed by atoms with Crippen molar-refractivity contribution in [3.63, 3.8) is 0 Å². The van der Waals surface area contributed by atoms with E-state index in [4.69, 9.17) is 5.11 Å². The molecule has 0 aromatic carbocycles. The van der Waals surface area contributed by atoms with Crippen LogP contribution in [-0.2, 0) is 4.79 Å². The molecule has 1 aliphatic heterocycles. The van der Waals surface area contributed by atoms with E-state index in [0.29, 0.717) is 0 Å². The predicted molar refractivity (Wildman–Crippen MR) is 62.1 cm³/mol. The molecule has 4 heteroatoms. The summed E-state index contributed by atoms with van der Waals surface area (Å²) in [6.07, 6.45) is -0.296. The predicted octanol–water partition coefficient (Wildman–Crippen LogP) is 1.99. The Bertz CT molecular complexity index is 261. The van der Waals surface area contributed by atoms with Crippen LogP contribution in [0.5, 0.6) is 0 Å². The van der Waals surface area contributed by atoms with Gasteiger partial charge in [0.15, 0.2) is 6.10 Å². The van der Waals surface area contributed by atoms with Crippen LogP contribution in [0.1, 0.15) is 34.1 Å². The van der Waals surface area contributed by atoms with Crippen molar-refractivity contribution in [2.45, 2.75) is 45.0 Å². The molecular weight excluding hydrogens is 212 g/mol. The summed E-state index contributed by atoms with van der Waals surface area (Å²) in [5, 5.41) is 18.6. The van der Waals surface area contributed by atoms with Crippen molar-refractivity contribution in [2.75, 3.05) is 5.75 Å². The van der Waals surface area contributed by atoms with Gasteiger partial charge >= 0.3 is 5.97 Å². The fraction of sp³-hybridized carbons (Fsp3) is 0.909. The highest BCUT2D eigenvalue weighted by atomic mass is 32.2. The third-order valence-corrected chi connectivity index (χ3v) is 5.02. The molecule has 1 saturated heterocycles. The van der Waals surface area contributed by atoms with E-state index in [1.54, 1.807) is 0 Å². The van der Waals surface area contributed by atoms with E-state index in [9.17, 15) is 9.90 Å². The lowest BCUT2D eigenvalue weighted by Gasteiger charge is -2.41. The largest absolute Gasteiger partial charge is 0.479 e. The summed E-state index contributed by atoms with van der Waals surface area (Å²) in [4.78, 5) is 10.9. The van der Waals surface area contributed by atoms with E-state index < -0.39 is 17.5 Å². The summed E-state index contributed by atoms with van der Waals surface area (Å²) in [7, 11) is 0. The SMILES string of the molecule is CC1(C)SCCC1C(C)(C)C(O)C(=O)O. The van der Waals surface area contributed by atoms with Gasteiger partial charge in [0.1, 0.15) is 0 Å². The molecule has 0 spiro atoms. The summed E-state index contributed by atoms with van der Waals surface area (Å²) in [5.74, 6) is 0.168. The van der Waals surface area contributed by atoms with Crippen molar-refractivity contribution in [1.29, 1.82) is 0 Å². The van der Waals surface area contributed by atoms with Crippen molar-refractivity contribution in [3.05, 3.63) is 0 Å². The maximum absolute atomic E-state index is 10.9. The van der Waals surface area contributed by atoms with Gasteiger partial charge in [0.25, 0.3) is 0 Å². The normalized spacial score (nSPS) is 27.7. The fourth-order valence-corrected chi connectivity index (χ4v) is 4.17. The Labute approximate surface area is 95.3 Å². The molecule has 2 unspecified atom stereocenters. The number of carbonyl (C=O) groups is 1. The number of hydrogen-bond donors (Lipinski definition) is 2. The first kappa shape index (κ1) is 12.8. The maximum Gasteiger partial charge on any atom is 0.333 e. The highest BCUT2D eigenvalue weighted by molar-refractivity contribution is 8.00. The minimum Gasteiger partial charge on any atom is -0.479 e. The third kappa shape index (κ3) is 2.31. The zero-order valence-corrected chi connectivity index (χ0v) is 10.6. The molecule has 0 saturated carbocycles. The van der Waals surface area contributed by atoms with Crippen molar-refractivity contribution in [1.82, 2.24) is 0 Å². The van der Waals surface area contributed by atoms with Crippen molar-refractivity contribution in [2.24, 2.45) is 11.3 Å². The summed E-state index contributed by atoms with van der Waals surface area (Å²) in [5.41, 5.74) is -0.571. The minimum atomic E-state index is -1.28. The molecule has 2 N–H and O–H groups in total. The Hall–Kier alpha value is -0.220. The zero-order valence-electron chi connectivity index (χ0n) is 9.78. The second kappa shape index (κ2) is 3.98. The molecule has 0 radical (unpaired) electrons. The van der Waals surface area contributed by atoms with Gasteiger partial charge in [-0.25, -0.2) is 4.79 Å². The summed E-state index contributed by atoms with van der Waals surface area (Å²) < 4.78 is 0.0555. The summed E-state index contributed by atoms with van der Waals surface area (Å²) >= 11 is 1.86. The van der Waals surface area contributed by atoms with Crippen LogP contribution >= 0.6 is 11.8 Å². The van der Waals surface area contributed by atoms with E-state index in [1.807, 2.05) is 25.6 Å². The van der Waals surface area contributed by atoms with Crippen LogP contribution in [0.2, 0.25) is 0 Å². The van der Waals surface area contributed by atoms with E-state index >= 15 is 0 Å². The molecule has 0 aliphatic carbocycles. The monoisotopic (exact) mass is 232 g/mol. The second-order valence-electron chi connectivity index (χ2n) is 5.36. The molecule has 1 fully saturated rings. The molecule has 88 valence electrons. The van der Waals surface area contributed by atoms with Crippen LogP contribution in [0.25, 0.3) is 0 Å². The molecule has 0 aromatic rings. The first-order valence-electron chi connectivity index (χ1n) is 5.24. The lowest BCUT2D eigenvalue weighted by Crippen LogP contribution is -2.46. The molecule has 1 heterocycles. The lowest BCUT2D eigenvalue weighted by molar-refractivity contribution is -0.156. The zero-order chi connectivity index (χ0) is 11.9. The van der Waals surface area contributed by atoms with Gasteiger partial charge in [-0.2, -0.15) is 11.8 Å². The van der Waals surface area contributed by atoms with Gasteiger partial charge in [0.2, 0.25) is 0 Å². The minimum absolute atomic E-state index is 0.0555. The standard InChI is InChI=1S/C11H20O3S/c1-10(2,8(12)9(13)14)7-5-6-15-11(7,3)4/h7-8,12H,5-6H2,1-4H3,(H,13,14). The van der Waals surface area contributed by atoms with Gasteiger partial charge in [-0.05, 0) is 18.1 Å². The molecule has 1 aliphatic rings. The van der Waals surface area contributed by atoms with Crippen LogP contribution in [-0.4, -0.2) is 32.8 Å². The number of thioether (sulfide) groups is 1. The topological polar surface area (TPSA) is 57.5 Å². The molecule has 0 amide bonds. The van der Waals surface area contributed by atoms with E-state index in [1.165, 1.54) is 0 Å². The fourth-order valence-electron chi connectivity index (χ4n) is 2.66. The van der Waals surface area contributed by atoms with E-state index in [2.05, 4.69) is 13.8 Å². The number of carboxylic acid groups (broad SMARTS) is 1. The molecular formula is C11H20O3S. The van der Waals surface area contributed by atoms with Gasteiger partial charge in [-0.15, -0.1) is 0 Å². The van der Waals surface area contributed by atoms with E-state index in [0.717, 1.165) is 12.2 Å². The molecule has 0 bridgehead atoms. The van der Waals surface area contributed by atoms with E-state index in [-0.39, 0.29) is 10.7 Å². The van der Waals surface area contributed by atoms with Gasteiger partial charge in [-0.3, -0.25) is 0 Å². The number of aliphatic carboxylic acids is 1. The van der Waals surface area contributed by atoms with Gasteiger partial charge in [0, 0.05) is 10.2 Å². The van der Waals surface area contributed by atoms with Gasteiger partial charge in [-0.1, -0.05) is 27.7 Å². The average Bonchev–Trinajstić information content (AvgIpc) is 2.44. The van der Waals surface area contributed by atoms with Gasteiger partial charge < -0.3 is 10.2 Å². The Morgan fingerprint density at radius 1 is 1.53 bits per heavy atom. The number of carboxylic acids is 1. The first-order chi connectivity index (χ1) is 6.69. The average molecular weight is 232 g/mol. The number of rotatable bonds is 3. The highest BCUT2D eigenvalue weighted by Gasteiger charge is 2.49. The Morgan fingerprint density at radius 2 is 2.07 bits per heavy atom. The number of aliphatic hydroxyl groups excluding tert-OH is 1. The maximum atomic E-state index is 10.9. The Balaban J connectivity index is 2.90. The Morgan fingerprint density at radius 3 is 2.40 bits per heavy atom. The van der Waals surface area contributed by atoms with Crippen LogP contribution in [0, 0.1) is 11.3 Å². The molecule has 15 heavy (non-hydrogen) atoms. The van der Waals surface area contributed by atoms with Crippen LogP contribution < -0.4 is 0 Å². The lowest BCUT2D eigenvalue weighted by atomic mass is 9.68. The first-order valence-corrected chi connectivity index (χ1v) is 6.23. The highest BCUT2D eigenvalue weighted by Crippen LogP contribution is 2.51. The molecule has 1 rings (SSSR count). The number of hydrogen-bond acceptors (Lipinski definition) is 3. The van der Waals surface area contributed by atoms with Crippen molar-refractivity contribution in [3.8, 4) is 0 Å². The van der Waals surface area contributed by atoms with Crippen molar-refractivity contribution >= 4 is 17.7 Å². The Kier molecular flexibility index (Phi) is 3.41. The van der Waals surface area contributed by atoms with Crippen molar-refractivity contribution < 1.29 is 15.0 Å². The van der Waals surface area contributed by atoms with Crippen LogP contribution in [0.3, 0.4) is 0 Å². The summed E-state index contributed by atoms with van der Waals surface area (Å²) in [6, 6.07) is 0. The van der Waals surface area contributed by atoms with Gasteiger partial charge in [0.05, 0.1) is 0 Å².